The number of aliphatic imine (C=N–C) groups is 1. The lowest BCUT2D eigenvalue weighted by atomic mass is 10.0. The Kier molecular flexibility index (Phi) is 2.67. The fourth-order valence-corrected chi connectivity index (χ4v) is 1.95. The van der Waals surface area contributed by atoms with Gasteiger partial charge in [-0.15, -0.1) is 0 Å². The fourth-order valence-electron chi connectivity index (χ4n) is 1.95. The van der Waals surface area contributed by atoms with Crippen molar-refractivity contribution in [2.75, 3.05) is 0 Å². The van der Waals surface area contributed by atoms with E-state index in [1.165, 1.54) is 29.5 Å². The molecule has 0 fully saturated rings. The Morgan fingerprint density at radius 2 is 2.29 bits per heavy atom. The molecule has 0 amide bonds. The highest BCUT2D eigenvalue weighted by Crippen LogP contribution is 2.18. The summed E-state index contributed by atoms with van der Waals surface area (Å²) in [7, 11) is 0. The predicted molar refractivity (Wildman–Crippen MR) is 61.2 cm³/mol. The molecule has 1 atom stereocenters. The molecule has 1 unspecified atom stereocenters. The molecule has 1 aromatic rings. The van der Waals surface area contributed by atoms with Crippen LogP contribution in [-0.2, 0) is 6.42 Å². The molecule has 0 saturated carbocycles. The molecular formula is C13H17N. The van der Waals surface area contributed by atoms with Crippen molar-refractivity contribution in [3.63, 3.8) is 0 Å². The van der Waals surface area contributed by atoms with Gasteiger partial charge in [-0.3, -0.25) is 4.99 Å². The van der Waals surface area contributed by atoms with Gasteiger partial charge in [0.2, 0.25) is 0 Å². The molecule has 14 heavy (non-hydrogen) atoms. The van der Waals surface area contributed by atoms with Gasteiger partial charge in [-0.1, -0.05) is 30.7 Å². The molecule has 0 N–H and O–H groups in total. The van der Waals surface area contributed by atoms with E-state index in [-0.39, 0.29) is 0 Å². The number of fused-ring (bicyclic) bond motifs is 1. The van der Waals surface area contributed by atoms with Crippen molar-refractivity contribution in [3.8, 4) is 0 Å². The lowest BCUT2D eigenvalue weighted by molar-refractivity contribution is 0.605. The van der Waals surface area contributed by atoms with Gasteiger partial charge in [0.15, 0.2) is 0 Å². The molecule has 0 radical (unpaired) electrons. The zero-order chi connectivity index (χ0) is 9.97. The Bertz CT molecular complexity index is 352. The zero-order valence-corrected chi connectivity index (χ0v) is 8.96. The van der Waals surface area contributed by atoms with Crippen LogP contribution < -0.4 is 0 Å². The maximum atomic E-state index is 4.60. The maximum Gasteiger partial charge on any atom is 0.0500 e. The van der Waals surface area contributed by atoms with Gasteiger partial charge in [-0.2, -0.15) is 0 Å². The van der Waals surface area contributed by atoms with Crippen molar-refractivity contribution in [1.82, 2.24) is 0 Å². The Balaban J connectivity index is 2.32. The van der Waals surface area contributed by atoms with Gasteiger partial charge in [0.05, 0.1) is 0 Å². The first kappa shape index (κ1) is 9.45. The third-order valence-electron chi connectivity index (χ3n) is 2.94. The van der Waals surface area contributed by atoms with Crippen molar-refractivity contribution in [1.29, 1.82) is 0 Å². The highest BCUT2D eigenvalue weighted by atomic mass is 14.8. The van der Waals surface area contributed by atoms with Crippen LogP contribution >= 0.6 is 0 Å². The predicted octanol–water partition coefficient (Wildman–Crippen LogP) is 3.14. The summed E-state index contributed by atoms with van der Waals surface area (Å²) in [6.07, 6.45) is 5.59. The average molecular weight is 187 g/mol. The number of benzene rings is 1. The quantitative estimate of drug-likeness (QED) is 0.640. The molecule has 2 rings (SSSR count). The van der Waals surface area contributed by atoms with Crippen molar-refractivity contribution in [2.45, 2.75) is 39.2 Å². The van der Waals surface area contributed by atoms with Gasteiger partial charge in [-0.25, -0.2) is 0 Å². The first-order valence-corrected chi connectivity index (χ1v) is 5.42. The molecule has 1 nitrogen and oxygen atoms in total. The van der Waals surface area contributed by atoms with Crippen LogP contribution in [0.2, 0.25) is 0 Å². The monoisotopic (exact) mass is 187 g/mol. The van der Waals surface area contributed by atoms with Crippen LogP contribution in [0, 0.1) is 6.92 Å². The van der Waals surface area contributed by atoms with Crippen molar-refractivity contribution in [2.24, 2.45) is 4.99 Å². The highest BCUT2D eigenvalue weighted by molar-refractivity contribution is 5.82. The van der Waals surface area contributed by atoms with Crippen molar-refractivity contribution < 1.29 is 0 Å². The summed E-state index contributed by atoms with van der Waals surface area (Å²) in [5.41, 5.74) is 4.10. The molecule has 0 saturated heterocycles. The van der Waals surface area contributed by atoms with E-state index in [0.717, 1.165) is 6.42 Å². The Morgan fingerprint density at radius 1 is 1.43 bits per heavy atom. The zero-order valence-electron chi connectivity index (χ0n) is 8.96. The fraction of sp³-hybridized carbons (Fsp3) is 0.462. The summed E-state index contributed by atoms with van der Waals surface area (Å²) in [6.45, 7) is 4.35. The summed E-state index contributed by atoms with van der Waals surface area (Å²) in [5.74, 6) is 0. The van der Waals surface area contributed by atoms with E-state index in [4.69, 9.17) is 0 Å². The molecule has 1 heterocycles. The van der Waals surface area contributed by atoms with Gasteiger partial charge in [0, 0.05) is 12.3 Å². The van der Waals surface area contributed by atoms with Crippen LogP contribution in [0.3, 0.4) is 0 Å². The van der Waals surface area contributed by atoms with Gasteiger partial charge < -0.3 is 0 Å². The second-order valence-corrected chi connectivity index (χ2v) is 4.08. The van der Waals surface area contributed by atoms with Crippen molar-refractivity contribution in [3.05, 3.63) is 34.9 Å². The van der Waals surface area contributed by atoms with E-state index >= 15 is 0 Å². The molecule has 1 heteroatoms. The van der Waals surface area contributed by atoms with Gasteiger partial charge >= 0.3 is 0 Å². The number of rotatable bonds is 1. The number of hydrogen-bond donors (Lipinski definition) is 0. The molecule has 1 aliphatic heterocycles. The molecule has 0 spiro atoms. The molecule has 0 bridgehead atoms. The number of aryl methyl sites for hydroxylation is 2. The molecule has 74 valence electrons. The maximum absolute atomic E-state index is 4.60. The minimum absolute atomic E-state index is 0.530. The molecule has 0 aromatic heterocycles. The standard InChI is InChI=1S/C13H17N/c1-3-13-7-6-11-5-4-10(2)8-12(11)9-14-13/h4-5,8-9,13H,3,6-7H2,1-2H3. The van der Waals surface area contributed by atoms with Gasteiger partial charge in [0.1, 0.15) is 0 Å². The van der Waals surface area contributed by atoms with Crippen LogP contribution in [-0.4, -0.2) is 12.3 Å². The van der Waals surface area contributed by atoms with Crippen LogP contribution in [0.4, 0.5) is 0 Å². The first-order chi connectivity index (χ1) is 6.79. The van der Waals surface area contributed by atoms with E-state index in [1.54, 1.807) is 0 Å². The summed E-state index contributed by atoms with van der Waals surface area (Å²) in [5, 5.41) is 0. The Hall–Kier alpha value is -1.11. The Labute approximate surface area is 85.9 Å². The lowest BCUT2D eigenvalue weighted by Crippen LogP contribution is -2.01. The van der Waals surface area contributed by atoms with Gasteiger partial charge in [0.25, 0.3) is 0 Å². The average Bonchev–Trinajstić information content (AvgIpc) is 2.39. The molecule has 1 aliphatic rings. The SMILES string of the molecule is CCC1CCc2ccc(C)cc2C=N1. The van der Waals surface area contributed by atoms with Crippen LogP contribution in [0.25, 0.3) is 0 Å². The molecule has 1 aromatic carbocycles. The second-order valence-electron chi connectivity index (χ2n) is 4.08. The van der Waals surface area contributed by atoms with E-state index in [9.17, 15) is 0 Å². The normalized spacial score (nSPS) is 20.3. The van der Waals surface area contributed by atoms with Gasteiger partial charge in [-0.05, 0) is 37.3 Å². The van der Waals surface area contributed by atoms with E-state index < -0.39 is 0 Å². The Morgan fingerprint density at radius 3 is 3.07 bits per heavy atom. The third-order valence-corrected chi connectivity index (χ3v) is 2.94. The first-order valence-electron chi connectivity index (χ1n) is 5.42. The van der Waals surface area contributed by atoms with Crippen LogP contribution in [0.15, 0.2) is 23.2 Å². The topological polar surface area (TPSA) is 12.4 Å². The summed E-state index contributed by atoms with van der Waals surface area (Å²) in [4.78, 5) is 4.60. The number of hydrogen-bond acceptors (Lipinski definition) is 1. The smallest absolute Gasteiger partial charge is 0.0500 e. The van der Waals surface area contributed by atoms with E-state index in [2.05, 4.69) is 43.3 Å². The van der Waals surface area contributed by atoms with E-state index in [1.807, 2.05) is 0 Å². The largest absolute Gasteiger partial charge is 0.289 e. The third kappa shape index (κ3) is 1.87. The molecule has 0 aliphatic carbocycles. The minimum Gasteiger partial charge on any atom is -0.289 e. The van der Waals surface area contributed by atoms with Crippen LogP contribution in [0.1, 0.15) is 36.5 Å². The second kappa shape index (κ2) is 3.95. The highest BCUT2D eigenvalue weighted by Gasteiger charge is 2.10. The van der Waals surface area contributed by atoms with E-state index in [0.29, 0.717) is 6.04 Å². The lowest BCUT2D eigenvalue weighted by Gasteiger charge is -2.06. The summed E-state index contributed by atoms with van der Waals surface area (Å²) in [6, 6.07) is 7.20. The van der Waals surface area contributed by atoms with Crippen LogP contribution in [0.5, 0.6) is 0 Å². The minimum atomic E-state index is 0.530. The summed E-state index contributed by atoms with van der Waals surface area (Å²) < 4.78 is 0. The van der Waals surface area contributed by atoms with Crippen molar-refractivity contribution >= 4 is 6.21 Å². The summed E-state index contributed by atoms with van der Waals surface area (Å²) >= 11 is 0. The molecular weight excluding hydrogens is 170 g/mol. The number of nitrogens with zero attached hydrogens (tertiary/aromatic N) is 1.